The number of nitrogens with zero attached hydrogens (tertiary/aromatic N) is 6. The lowest BCUT2D eigenvalue weighted by Gasteiger charge is -2.32. The minimum Gasteiger partial charge on any atom is -0.395 e. The molecule has 3 heterocycles. The van der Waals surface area contributed by atoms with Crippen molar-refractivity contribution in [3.05, 3.63) is 48.0 Å². The van der Waals surface area contributed by atoms with Gasteiger partial charge in [0.15, 0.2) is 0 Å². The highest BCUT2D eigenvalue weighted by atomic mass is 16.3. The van der Waals surface area contributed by atoms with E-state index in [2.05, 4.69) is 36.7 Å². The van der Waals surface area contributed by atoms with Crippen molar-refractivity contribution >= 4 is 5.95 Å². The molecule has 7 heteroatoms. The van der Waals surface area contributed by atoms with Crippen LogP contribution >= 0.6 is 0 Å². The van der Waals surface area contributed by atoms with Crippen molar-refractivity contribution < 1.29 is 5.11 Å². The van der Waals surface area contributed by atoms with E-state index in [0.29, 0.717) is 13.1 Å². The number of hydrogen-bond acceptors (Lipinski definition) is 7. The normalized spacial score (nSPS) is 15.7. The van der Waals surface area contributed by atoms with Gasteiger partial charge in [-0.1, -0.05) is 6.07 Å². The van der Waals surface area contributed by atoms with Crippen molar-refractivity contribution in [1.29, 1.82) is 0 Å². The van der Waals surface area contributed by atoms with E-state index in [-0.39, 0.29) is 6.61 Å². The molecule has 25 heavy (non-hydrogen) atoms. The summed E-state index contributed by atoms with van der Waals surface area (Å²) in [5.74, 6) is 0.804. The summed E-state index contributed by atoms with van der Waals surface area (Å²) < 4.78 is 0. The van der Waals surface area contributed by atoms with Crippen molar-refractivity contribution in [2.45, 2.75) is 13.1 Å². The maximum absolute atomic E-state index is 9.33. The summed E-state index contributed by atoms with van der Waals surface area (Å²) in [5, 5.41) is 9.33. The van der Waals surface area contributed by atoms with Gasteiger partial charge in [0.1, 0.15) is 0 Å². The number of anilines is 1. The summed E-state index contributed by atoms with van der Waals surface area (Å²) in [6, 6.07) is 3.98. The number of aromatic nitrogens is 3. The molecule has 1 aliphatic rings. The van der Waals surface area contributed by atoms with Crippen molar-refractivity contribution in [2.75, 3.05) is 51.3 Å². The molecule has 0 amide bonds. The first kappa shape index (κ1) is 17.7. The Morgan fingerprint density at radius 3 is 2.40 bits per heavy atom. The van der Waals surface area contributed by atoms with E-state index in [1.165, 1.54) is 0 Å². The number of piperazine rings is 1. The van der Waals surface area contributed by atoms with Crippen molar-refractivity contribution in [3.63, 3.8) is 0 Å². The van der Waals surface area contributed by atoms with E-state index in [1.807, 2.05) is 30.7 Å². The predicted molar refractivity (Wildman–Crippen MR) is 97.2 cm³/mol. The molecule has 0 saturated carbocycles. The van der Waals surface area contributed by atoms with E-state index < -0.39 is 0 Å². The smallest absolute Gasteiger partial charge is 0.225 e. The number of aliphatic hydroxyl groups is 1. The van der Waals surface area contributed by atoms with Gasteiger partial charge in [0, 0.05) is 76.2 Å². The second-order valence-corrected chi connectivity index (χ2v) is 6.48. The van der Waals surface area contributed by atoms with Crippen molar-refractivity contribution in [3.8, 4) is 0 Å². The molecule has 3 rings (SSSR count). The zero-order valence-electron chi connectivity index (χ0n) is 14.8. The van der Waals surface area contributed by atoms with E-state index in [4.69, 9.17) is 0 Å². The highest BCUT2D eigenvalue weighted by Gasteiger charge is 2.16. The lowest BCUT2D eigenvalue weighted by Crippen LogP contribution is -2.45. The van der Waals surface area contributed by atoms with Crippen LogP contribution in [0, 0.1) is 0 Å². The Morgan fingerprint density at radius 1 is 1.04 bits per heavy atom. The highest BCUT2D eigenvalue weighted by molar-refractivity contribution is 5.30. The van der Waals surface area contributed by atoms with Gasteiger partial charge in [-0.2, -0.15) is 0 Å². The Labute approximate surface area is 148 Å². The molecule has 1 aliphatic heterocycles. The predicted octanol–water partition coefficient (Wildman–Crippen LogP) is 0.618. The molecule has 0 atom stereocenters. The molecule has 0 spiro atoms. The summed E-state index contributed by atoms with van der Waals surface area (Å²) in [6.07, 6.45) is 7.42. The van der Waals surface area contributed by atoms with Gasteiger partial charge in [-0.15, -0.1) is 0 Å². The molecule has 0 unspecified atom stereocenters. The van der Waals surface area contributed by atoms with Crippen LogP contribution in [-0.2, 0) is 13.1 Å². The van der Waals surface area contributed by atoms with Gasteiger partial charge in [-0.3, -0.25) is 9.88 Å². The Morgan fingerprint density at radius 2 is 1.76 bits per heavy atom. The second-order valence-electron chi connectivity index (χ2n) is 6.48. The van der Waals surface area contributed by atoms with Gasteiger partial charge >= 0.3 is 0 Å². The van der Waals surface area contributed by atoms with Gasteiger partial charge in [0.2, 0.25) is 5.95 Å². The molecule has 2 aromatic heterocycles. The van der Waals surface area contributed by atoms with Crippen LogP contribution in [-0.4, -0.2) is 76.2 Å². The summed E-state index contributed by atoms with van der Waals surface area (Å²) in [5.41, 5.74) is 2.18. The zero-order valence-corrected chi connectivity index (χ0v) is 14.8. The fourth-order valence-corrected chi connectivity index (χ4v) is 2.96. The fourth-order valence-electron chi connectivity index (χ4n) is 2.96. The van der Waals surface area contributed by atoms with Gasteiger partial charge in [-0.25, -0.2) is 9.97 Å². The van der Waals surface area contributed by atoms with Crippen molar-refractivity contribution in [1.82, 2.24) is 24.8 Å². The average molecular weight is 342 g/mol. The Balaban J connectivity index is 1.60. The van der Waals surface area contributed by atoms with Gasteiger partial charge in [0.05, 0.1) is 6.61 Å². The minimum absolute atomic E-state index is 0.125. The summed E-state index contributed by atoms with van der Waals surface area (Å²) in [6.45, 7) is 6.20. The molecule has 2 aromatic rings. The standard InChI is InChI=1S/C18H26N6O/c1-22-5-7-24(8-6-22)18-20-12-17(13-21-18)15-23(9-10-25)14-16-3-2-4-19-11-16/h2-4,11-13,25H,5-10,14-15H2,1H3. The molecule has 7 nitrogen and oxygen atoms in total. The lowest BCUT2D eigenvalue weighted by molar-refractivity contribution is 0.184. The lowest BCUT2D eigenvalue weighted by atomic mass is 10.2. The molecule has 0 aromatic carbocycles. The van der Waals surface area contributed by atoms with E-state index in [0.717, 1.165) is 49.8 Å². The number of pyridine rings is 1. The Hall–Kier alpha value is -2.09. The third kappa shape index (κ3) is 5.19. The SMILES string of the molecule is CN1CCN(c2ncc(CN(CCO)Cc3cccnc3)cn2)CC1. The Kier molecular flexibility index (Phi) is 6.27. The summed E-state index contributed by atoms with van der Waals surface area (Å²) in [4.78, 5) is 20.0. The first-order valence-electron chi connectivity index (χ1n) is 8.71. The third-order valence-corrected chi connectivity index (χ3v) is 4.43. The highest BCUT2D eigenvalue weighted by Crippen LogP contribution is 2.12. The zero-order chi connectivity index (χ0) is 17.5. The van der Waals surface area contributed by atoms with Crippen LogP contribution in [0.1, 0.15) is 11.1 Å². The number of hydrogen-bond donors (Lipinski definition) is 1. The maximum atomic E-state index is 9.33. The molecule has 1 fully saturated rings. The van der Waals surface area contributed by atoms with Crippen LogP contribution < -0.4 is 4.90 Å². The van der Waals surface area contributed by atoms with Crippen LogP contribution in [0.5, 0.6) is 0 Å². The largest absolute Gasteiger partial charge is 0.395 e. The number of likely N-dealkylation sites (N-methyl/N-ethyl adjacent to an activating group) is 1. The fraction of sp³-hybridized carbons (Fsp3) is 0.500. The van der Waals surface area contributed by atoms with E-state index in [1.54, 1.807) is 6.20 Å². The quantitative estimate of drug-likeness (QED) is 0.791. The van der Waals surface area contributed by atoms with Gasteiger partial charge in [0.25, 0.3) is 0 Å². The first-order valence-corrected chi connectivity index (χ1v) is 8.71. The topological polar surface area (TPSA) is 68.6 Å². The average Bonchev–Trinajstić information content (AvgIpc) is 2.64. The maximum Gasteiger partial charge on any atom is 0.225 e. The molecule has 1 N–H and O–H groups in total. The van der Waals surface area contributed by atoms with Crippen molar-refractivity contribution in [2.24, 2.45) is 0 Å². The molecule has 134 valence electrons. The van der Waals surface area contributed by atoms with E-state index in [9.17, 15) is 5.11 Å². The number of aliphatic hydroxyl groups excluding tert-OH is 1. The molecular formula is C18H26N6O. The molecule has 0 radical (unpaired) electrons. The minimum atomic E-state index is 0.125. The van der Waals surface area contributed by atoms with Crippen LogP contribution in [0.2, 0.25) is 0 Å². The molecule has 0 bridgehead atoms. The Bertz CT molecular complexity index is 628. The van der Waals surface area contributed by atoms with E-state index >= 15 is 0 Å². The summed E-state index contributed by atoms with van der Waals surface area (Å²) >= 11 is 0. The molecular weight excluding hydrogens is 316 g/mol. The van der Waals surface area contributed by atoms with Crippen LogP contribution in [0.3, 0.4) is 0 Å². The third-order valence-electron chi connectivity index (χ3n) is 4.43. The van der Waals surface area contributed by atoms with Gasteiger partial charge in [-0.05, 0) is 18.7 Å². The van der Waals surface area contributed by atoms with Crippen LogP contribution in [0.25, 0.3) is 0 Å². The van der Waals surface area contributed by atoms with Gasteiger partial charge < -0.3 is 14.9 Å². The van der Waals surface area contributed by atoms with Crippen LogP contribution in [0.4, 0.5) is 5.95 Å². The molecule has 0 aliphatic carbocycles. The molecule has 1 saturated heterocycles. The summed E-state index contributed by atoms with van der Waals surface area (Å²) in [7, 11) is 2.14. The second kappa shape index (κ2) is 8.84. The monoisotopic (exact) mass is 342 g/mol. The first-order chi connectivity index (χ1) is 12.2. The van der Waals surface area contributed by atoms with Crippen LogP contribution in [0.15, 0.2) is 36.9 Å². The number of rotatable bonds is 7.